The van der Waals surface area contributed by atoms with Crippen LogP contribution < -0.4 is 0 Å². The molecule has 24 heavy (non-hydrogen) atoms. The Morgan fingerprint density at radius 3 is 2.79 bits per heavy atom. The number of allylic oxidation sites excluding steroid dienone is 4. The summed E-state index contributed by atoms with van der Waals surface area (Å²) in [7, 11) is 0. The summed E-state index contributed by atoms with van der Waals surface area (Å²) < 4.78 is 5.72. The van der Waals surface area contributed by atoms with E-state index in [1.165, 1.54) is 6.92 Å². The molecule has 0 bridgehead atoms. The van der Waals surface area contributed by atoms with Crippen LogP contribution in [0.25, 0.3) is 0 Å². The van der Waals surface area contributed by atoms with Gasteiger partial charge in [0.25, 0.3) is 0 Å². The van der Waals surface area contributed by atoms with E-state index in [9.17, 15) is 14.4 Å². The van der Waals surface area contributed by atoms with Gasteiger partial charge in [-0.3, -0.25) is 14.4 Å². The van der Waals surface area contributed by atoms with Gasteiger partial charge in [-0.1, -0.05) is 19.1 Å². The zero-order chi connectivity index (χ0) is 17.1. The van der Waals surface area contributed by atoms with Crippen molar-refractivity contribution in [2.75, 3.05) is 0 Å². The Balaban J connectivity index is 1.77. The van der Waals surface area contributed by atoms with Gasteiger partial charge in [-0.05, 0) is 48.7 Å². The normalized spacial score (nSPS) is 43.6. The number of ketones is 2. The third kappa shape index (κ3) is 2.22. The Morgan fingerprint density at radius 1 is 1.25 bits per heavy atom. The Hall–Kier alpha value is -1.71. The Labute approximate surface area is 142 Å². The monoisotopic (exact) mass is 328 g/mol. The van der Waals surface area contributed by atoms with Gasteiger partial charge >= 0.3 is 5.97 Å². The molecule has 128 valence electrons. The van der Waals surface area contributed by atoms with Crippen LogP contribution in [-0.4, -0.2) is 23.6 Å². The minimum absolute atomic E-state index is 0.185. The van der Waals surface area contributed by atoms with E-state index in [0.717, 1.165) is 18.4 Å². The van der Waals surface area contributed by atoms with Crippen LogP contribution in [0.1, 0.15) is 46.0 Å². The average Bonchev–Trinajstić information content (AvgIpc) is 2.81. The summed E-state index contributed by atoms with van der Waals surface area (Å²) in [5.74, 6) is 1.27. The van der Waals surface area contributed by atoms with E-state index in [1.807, 2.05) is 0 Å². The van der Waals surface area contributed by atoms with E-state index < -0.39 is 0 Å². The number of fused-ring (bicyclic) bond motifs is 5. The van der Waals surface area contributed by atoms with Gasteiger partial charge in [0, 0.05) is 31.1 Å². The average molecular weight is 328 g/mol. The molecule has 0 heterocycles. The van der Waals surface area contributed by atoms with Crippen molar-refractivity contribution in [3.8, 4) is 0 Å². The number of Topliss-reactive ketones (excluding diaryl/α,β-unsaturated/α-hetero) is 1. The minimum Gasteiger partial charge on any atom is -0.462 e. The van der Waals surface area contributed by atoms with Crippen molar-refractivity contribution < 1.29 is 19.1 Å². The van der Waals surface area contributed by atoms with Gasteiger partial charge in [-0.15, -0.1) is 0 Å². The maximum absolute atomic E-state index is 12.5. The highest BCUT2D eigenvalue weighted by molar-refractivity contribution is 5.92. The van der Waals surface area contributed by atoms with Crippen LogP contribution in [0.3, 0.4) is 0 Å². The summed E-state index contributed by atoms with van der Waals surface area (Å²) in [6, 6.07) is 0. The summed E-state index contributed by atoms with van der Waals surface area (Å²) in [5.41, 5.74) is 0.703. The number of carbonyl (C=O) groups excluding carboxylic acids is 3. The molecule has 2 fully saturated rings. The van der Waals surface area contributed by atoms with Crippen molar-refractivity contribution in [1.29, 1.82) is 0 Å². The standard InChI is InChI=1S/C20H24O4/c1-11(21)24-17-10-20(2)16(7-8-18(20)23)15-5-3-12-9-13(22)4-6-14(12)19(15)17/h3,5,9,14-17,19H,4,6-8,10H2,1-2H3/t14-,15-,16-,17?,19+,20-/m0/s1. The molecule has 6 atom stereocenters. The van der Waals surface area contributed by atoms with Gasteiger partial charge in [-0.25, -0.2) is 0 Å². The van der Waals surface area contributed by atoms with Crippen molar-refractivity contribution in [3.05, 3.63) is 23.8 Å². The molecule has 0 spiro atoms. The molecule has 0 aromatic rings. The van der Waals surface area contributed by atoms with E-state index in [0.29, 0.717) is 31.0 Å². The lowest BCUT2D eigenvalue weighted by Gasteiger charge is -2.52. The highest BCUT2D eigenvalue weighted by Gasteiger charge is 2.59. The zero-order valence-corrected chi connectivity index (χ0v) is 14.3. The first kappa shape index (κ1) is 15.8. The van der Waals surface area contributed by atoms with Crippen molar-refractivity contribution in [1.82, 2.24) is 0 Å². The summed E-state index contributed by atoms with van der Waals surface area (Å²) in [4.78, 5) is 36.0. The number of hydrogen-bond donors (Lipinski definition) is 0. The molecule has 4 rings (SSSR count). The molecule has 4 aliphatic rings. The molecule has 0 saturated heterocycles. The van der Waals surface area contributed by atoms with Crippen molar-refractivity contribution >= 4 is 17.5 Å². The second-order valence-electron chi connectivity index (χ2n) is 8.11. The third-order valence-corrected chi connectivity index (χ3v) is 6.85. The zero-order valence-electron chi connectivity index (χ0n) is 14.3. The first-order chi connectivity index (χ1) is 11.4. The van der Waals surface area contributed by atoms with E-state index in [-0.39, 0.29) is 41.0 Å². The van der Waals surface area contributed by atoms with Crippen LogP contribution in [0.2, 0.25) is 0 Å². The molecule has 4 heteroatoms. The van der Waals surface area contributed by atoms with Crippen molar-refractivity contribution in [2.45, 2.75) is 52.1 Å². The van der Waals surface area contributed by atoms with Crippen LogP contribution >= 0.6 is 0 Å². The second kappa shape index (κ2) is 5.40. The van der Waals surface area contributed by atoms with Gasteiger partial charge in [0.2, 0.25) is 0 Å². The molecule has 4 nitrogen and oxygen atoms in total. The SMILES string of the molecule is CC(=O)OC1C[C@]2(C)C(=O)CC[C@H]2[C@@H]2C=CC3=CC(=O)CC[C@@H]3[C@@H]12. The molecule has 0 aliphatic heterocycles. The Kier molecular flexibility index (Phi) is 3.55. The molecule has 0 amide bonds. The molecule has 0 radical (unpaired) electrons. The smallest absolute Gasteiger partial charge is 0.302 e. The van der Waals surface area contributed by atoms with Crippen LogP contribution in [0, 0.1) is 29.1 Å². The van der Waals surface area contributed by atoms with Crippen LogP contribution in [0.4, 0.5) is 0 Å². The van der Waals surface area contributed by atoms with E-state index in [1.54, 1.807) is 6.08 Å². The number of rotatable bonds is 1. The highest BCUT2D eigenvalue weighted by atomic mass is 16.5. The summed E-state index contributed by atoms with van der Waals surface area (Å²) in [6.07, 6.45) is 9.38. The molecule has 1 unspecified atom stereocenters. The number of carbonyl (C=O) groups is 3. The maximum Gasteiger partial charge on any atom is 0.302 e. The topological polar surface area (TPSA) is 60.4 Å². The summed E-state index contributed by atoms with van der Waals surface area (Å²) >= 11 is 0. The fraction of sp³-hybridized carbons (Fsp3) is 0.650. The number of esters is 1. The lowest BCUT2D eigenvalue weighted by Crippen LogP contribution is -2.53. The quantitative estimate of drug-likeness (QED) is 0.694. The van der Waals surface area contributed by atoms with E-state index >= 15 is 0 Å². The number of hydrogen-bond acceptors (Lipinski definition) is 4. The Bertz CT molecular complexity index is 673. The van der Waals surface area contributed by atoms with Crippen LogP contribution in [-0.2, 0) is 19.1 Å². The van der Waals surface area contributed by atoms with E-state index in [2.05, 4.69) is 19.1 Å². The second-order valence-corrected chi connectivity index (χ2v) is 8.11. The lowest BCUT2D eigenvalue weighted by molar-refractivity contribution is -0.164. The number of ether oxygens (including phenoxy) is 1. The molecular weight excluding hydrogens is 304 g/mol. The summed E-state index contributed by atoms with van der Waals surface area (Å²) in [5, 5.41) is 0. The Morgan fingerprint density at radius 2 is 2.04 bits per heavy atom. The van der Waals surface area contributed by atoms with Gasteiger partial charge in [0.05, 0.1) is 0 Å². The molecule has 0 aromatic carbocycles. The van der Waals surface area contributed by atoms with Gasteiger partial charge in [0.1, 0.15) is 11.9 Å². The first-order valence-electron chi connectivity index (χ1n) is 9.03. The first-order valence-corrected chi connectivity index (χ1v) is 9.03. The fourth-order valence-corrected chi connectivity index (χ4v) is 5.81. The largest absolute Gasteiger partial charge is 0.462 e. The van der Waals surface area contributed by atoms with E-state index in [4.69, 9.17) is 4.74 Å². The minimum atomic E-state index is -0.378. The van der Waals surface area contributed by atoms with Gasteiger partial charge in [0.15, 0.2) is 5.78 Å². The van der Waals surface area contributed by atoms with Crippen molar-refractivity contribution in [2.24, 2.45) is 29.1 Å². The lowest BCUT2D eigenvalue weighted by atomic mass is 9.53. The highest BCUT2D eigenvalue weighted by Crippen LogP contribution is 2.59. The van der Waals surface area contributed by atoms with Gasteiger partial charge < -0.3 is 4.74 Å². The molecule has 4 aliphatic carbocycles. The van der Waals surface area contributed by atoms with Gasteiger partial charge in [-0.2, -0.15) is 0 Å². The van der Waals surface area contributed by atoms with Crippen LogP contribution in [0.5, 0.6) is 0 Å². The maximum atomic E-state index is 12.5. The molecule has 0 aromatic heterocycles. The molecular formula is C20H24O4. The van der Waals surface area contributed by atoms with Crippen molar-refractivity contribution in [3.63, 3.8) is 0 Å². The predicted octanol–water partition coefficient (Wildman–Crippen LogP) is 3.01. The molecule has 2 saturated carbocycles. The fourth-order valence-electron chi connectivity index (χ4n) is 5.81. The molecule has 0 N–H and O–H groups in total. The van der Waals surface area contributed by atoms with Crippen LogP contribution in [0.15, 0.2) is 23.8 Å². The third-order valence-electron chi connectivity index (χ3n) is 6.85. The predicted molar refractivity (Wildman–Crippen MR) is 87.9 cm³/mol. The summed E-state index contributed by atoms with van der Waals surface area (Å²) in [6.45, 7) is 3.50.